The summed E-state index contributed by atoms with van der Waals surface area (Å²) in [6, 6.07) is 9.82. The first-order valence-electron chi connectivity index (χ1n) is 9.26. The molecular formula is C20H24N2O6. The molecule has 2 aromatic rings. The molecule has 0 saturated carbocycles. The summed E-state index contributed by atoms with van der Waals surface area (Å²) in [6.07, 6.45) is 2.19. The molecule has 28 heavy (non-hydrogen) atoms. The van der Waals surface area contributed by atoms with E-state index in [1.54, 1.807) is 0 Å². The molecule has 1 aromatic heterocycles. The Hall–Kier alpha value is -2.71. The topological polar surface area (TPSA) is 124 Å². The van der Waals surface area contributed by atoms with Crippen LogP contribution in [0.4, 0.5) is 0 Å². The third kappa shape index (κ3) is 4.40. The van der Waals surface area contributed by atoms with Gasteiger partial charge in [-0.25, -0.2) is 9.78 Å². The average molecular weight is 388 g/mol. The molecule has 0 bridgehead atoms. The van der Waals surface area contributed by atoms with Gasteiger partial charge >= 0.3 is 11.9 Å². The third-order valence-electron chi connectivity index (χ3n) is 5.35. The van der Waals surface area contributed by atoms with E-state index in [0.29, 0.717) is 25.8 Å². The Bertz CT molecular complexity index is 821. The van der Waals surface area contributed by atoms with Crippen LogP contribution in [0.2, 0.25) is 0 Å². The summed E-state index contributed by atoms with van der Waals surface area (Å²) in [4.78, 5) is 28.8. The molecule has 1 saturated heterocycles. The van der Waals surface area contributed by atoms with Gasteiger partial charge in [-0.15, -0.1) is 0 Å². The number of carboxylic acids is 2. The van der Waals surface area contributed by atoms with Crippen molar-refractivity contribution in [2.75, 3.05) is 13.1 Å². The van der Waals surface area contributed by atoms with Crippen molar-refractivity contribution in [3.8, 4) is 0 Å². The second-order valence-corrected chi connectivity index (χ2v) is 7.25. The van der Waals surface area contributed by atoms with Gasteiger partial charge in [0.1, 0.15) is 11.7 Å². The molecule has 1 fully saturated rings. The minimum absolute atomic E-state index is 0.156. The first-order chi connectivity index (χ1) is 13.4. The highest BCUT2D eigenvalue weighted by atomic mass is 16.4. The number of aryl methyl sites for hydroxylation is 1. The highest BCUT2D eigenvalue weighted by Crippen LogP contribution is 2.36. The maximum Gasteiger partial charge on any atom is 0.357 e. The molecule has 1 aliphatic rings. The van der Waals surface area contributed by atoms with Crippen molar-refractivity contribution in [2.45, 2.75) is 38.3 Å². The van der Waals surface area contributed by atoms with Crippen LogP contribution >= 0.6 is 0 Å². The molecule has 150 valence electrons. The van der Waals surface area contributed by atoms with Crippen molar-refractivity contribution >= 4 is 11.9 Å². The molecule has 3 rings (SSSR count). The van der Waals surface area contributed by atoms with E-state index in [1.807, 2.05) is 35.2 Å². The molecule has 1 aliphatic heterocycles. The lowest BCUT2D eigenvalue weighted by Crippen LogP contribution is -2.55. The lowest BCUT2D eigenvalue weighted by atomic mass is 9.73. The van der Waals surface area contributed by atoms with E-state index < -0.39 is 23.5 Å². The van der Waals surface area contributed by atoms with Gasteiger partial charge in [0.15, 0.2) is 5.69 Å². The maximum absolute atomic E-state index is 12.1. The lowest BCUT2D eigenvalue weighted by Gasteiger charge is -2.43. The van der Waals surface area contributed by atoms with E-state index in [9.17, 15) is 19.8 Å². The Balaban J connectivity index is 1.67. The third-order valence-corrected chi connectivity index (χ3v) is 5.35. The number of aliphatic hydroxyl groups is 1. The fourth-order valence-electron chi connectivity index (χ4n) is 3.79. The van der Waals surface area contributed by atoms with E-state index in [2.05, 4.69) is 4.98 Å². The molecule has 0 unspecified atom stereocenters. The molecule has 0 aliphatic carbocycles. The van der Waals surface area contributed by atoms with Gasteiger partial charge in [0.25, 0.3) is 0 Å². The number of aromatic nitrogens is 1. The fourth-order valence-corrected chi connectivity index (χ4v) is 3.79. The predicted octanol–water partition coefficient (Wildman–Crippen LogP) is 2.03. The number of aliphatic hydroxyl groups excluding tert-OH is 1. The second-order valence-electron chi connectivity index (χ2n) is 7.25. The van der Waals surface area contributed by atoms with Crippen LogP contribution in [-0.4, -0.2) is 56.3 Å². The minimum Gasteiger partial charge on any atom is -0.481 e. The molecule has 0 spiro atoms. The summed E-state index contributed by atoms with van der Waals surface area (Å²) in [6.45, 7) is 0.844. The zero-order chi connectivity index (χ0) is 20.1. The summed E-state index contributed by atoms with van der Waals surface area (Å²) in [7, 11) is 0. The number of aliphatic carboxylic acids is 1. The molecule has 0 radical (unpaired) electrons. The standard InChI is InChI=1S/C20H24N2O6/c23-16-8-10-22(11-17-21-15(12-28-17)18(24)25)13-20(16,19(26)27)9-4-7-14-5-2-1-3-6-14/h1-3,5-6,12,16,23H,4,7-11,13H2,(H,24,25)(H,26,27)/t16-,20+/m0/s1. The van der Waals surface area contributed by atoms with Crippen molar-refractivity contribution in [1.29, 1.82) is 0 Å². The summed E-state index contributed by atoms with van der Waals surface area (Å²) in [5, 5.41) is 29.4. The molecule has 2 atom stereocenters. The van der Waals surface area contributed by atoms with Gasteiger partial charge in [-0.1, -0.05) is 30.3 Å². The largest absolute Gasteiger partial charge is 0.481 e. The Morgan fingerprint density at radius 3 is 2.64 bits per heavy atom. The summed E-state index contributed by atoms with van der Waals surface area (Å²) >= 11 is 0. The summed E-state index contributed by atoms with van der Waals surface area (Å²) < 4.78 is 5.18. The van der Waals surface area contributed by atoms with Crippen molar-refractivity contribution in [3.63, 3.8) is 0 Å². The number of hydrogen-bond donors (Lipinski definition) is 3. The van der Waals surface area contributed by atoms with E-state index in [-0.39, 0.29) is 24.7 Å². The monoisotopic (exact) mass is 388 g/mol. The summed E-state index contributed by atoms with van der Waals surface area (Å²) in [5.74, 6) is -1.97. The zero-order valence-corrected chi connectivity index (χ0v) is 15.5. The number of carboxylic acid groups (broad SMARTS) is 2. The summed E-state index contributed by atoms with van der Waals surface area (Å²) in [5.41, 5.74) is -0.319. The van der Waals surface area contributed by atoms with Gasteiger partial charge in [0.2, 0.25) is 5.89 Å². The first-order valence-corrected chi connectivity index (χ1v) is 9.26. The van der Waals surface area contributed by atoms with Crippen LogP contribution in [-0.2, 0) is 17.8 Å². The van der Waals surface area contributed by atoms with Gasteiger partial charge in [0, 0.05) is 13.1 Å². The Morgan fingerprint density at radius 1 is 1.25 bits per heavy atom. The van der Waals surface area contributed by atoms with Crippen molar-refractivity contribution in [1.82, 2.24) is 9.88 Å². The first kappa shape index (κ1) is 20.0. The number of carbonyl (C=O) groups is 2. The van der Waals surface area contributed by atoms with E-state index in [4.69, 9.17) is 9.52 Å². The van der Waals surface area contributed by atoms with Gasteiger partial charge < -0.3 is 19.7 Å². The van der Waals surface area contributed by atoms with Crippen molar-refractivity contribution in [2.24, 2.45) is 5.41 Å². The molecule has 2 heterocycles. The highest BCUT2D eigenvalue weighted by Gasteiger charge is 2.48. The van der Waals surface area contributed by atoms with Crippen LogP contribution in [0, 0.1) is 5.41 Å². The van der Waals surface area contributed by atoms with Crippen LogP contribution in [0.1, 0.15) is 41.2 Å². The van der Waals surface area contributed by atoms with Gasteiger partial charge in [-0.2, -0.15) is 0 Å². The number of likely N-dealkylation sites (tertiary alicyclic amines) is 1. The molecule has 0 amide bonds. The lowest BCUT2D eigenvalue weighted by molar-refractivity contribution is -0.165. The highest BCUT2D eigenvalue weighted by molar-refractivity contribution is 5.84. The SMILES string of the molecule is O=C(O)c1coc(CN2CC[C@H](O)[C@](CCCc3ccccc3)(C(=O)O)C2)n1. The van der Waals surface area contributed by atoms with E-state index in [1.165, 1.54) is 0 Å². The zero-order valence-electron chi connectivity index (χ0n) is 15.5. The Kier molecular flexibility index (Phi) is 6.11. The Morgan fingerprint density at radius 2 is 2.00 bits per heavy atom. The van der Waals surface area contributed by atoms with Crippen LogP contribution in [0.5, 0.6) is 0 Å². The number of hydrogen-bond acceptors (Lipinski definition) is 6. The van der Waals surface area contributed by atoms with E-state index in [0.717, 1.165) is 18.2 Å². The van der Waals surface area contributed by atoms with Gasteiger partial charge in [0.05, 0.1) is 12.6 Å². The number of piperidine rings is 1. The van der Waals surface area contributed by atoms with Crippen LogP contribution in [0.3, 0.4) is 0 Å². The molecular weight excluding hydrogens is 364 g/mol. The van der Waals surface area contributed by atoms with Crippen LogP contribution in [0.15, 0.2) is 41.0 Å². The van der Waals surface area contributed by atoms with Gasteiger partial charge in [-0.3, -0.25) is 9.69 Å². The second kappa shape index (κ2) is 8.53. The normalized spacial score (nSPS) is 22.8. The average Bonchev–Trinajstić information content (AvgIpc) is 3.14. The van der Waals surface area contributed by atoms with Gasteiger partial charge in [-0.05, 0) is 31.2 Å². The predicted molar refractivity (Wildman–Crippen MR) is 98.8 cm³/mol. The minimum atomic E-state index is -1.27. The van der Waals surface area contributed by atoms with Crippen molar-refractivity contribution < 1.29 is 29.3 Å². The fraction of sp³-hybridized carbons (Fsp3) is 0.450. The molecule has 8 nitrogen and oxygen atoms in total. The quantitative estimate of drug-likeness (QED) is 0.627. The molecule has 8 heteroatoms. The number of aromatic carboxylic acids is 1. The number of benzene rings is 1. The van der Waals surface area contributed by atoms with E-state index >= 15 is 0 Å². The number of rotatable bonds is 8. The van der Waals surface area contributed by atoms with Crippen molar-refractivity contribution in [3.05, 3.63) is 53.7 Å². The number of nitrogens with zero attached hydrogens (tertiary/aromatic N) is 2. The van der Waals surface area contributed by atoms with Crippen LogP contribution in [0.25, 0.3) is 0 Å². The Labute approximate surface area is 162 Å². The number of oxazole rings is 1. The smallest absolute Gasteiger partial charge is 0.357 e. The maximum atomic E-state index is 12.1. The molecule has 1 aromatic carbocycles. The van der Waals surface area contributed by atoms with Crippen LogP contribution < -0.4 is 0 Å². The molecule has 3 N–H and O–H groups in total.